The number of esters is 1. The van der Waals surface area contributed by atoms with Crippen molar-refractivity contribution in [3.63, 3.8) is 0 Å². The van der Waals surface area contributed by atoms with Crippen LogP contribution in [0.3, 0.4) is 0 Å². The van der Waals surface area contributed by atoms with Gasteiger partial charge in [0.25, 0.3) is 0 Å². The van der Waals surface area contributed by atoms with Crippen molar-refractivity contribution >= 4 is 12.1 Å². The molecular weight excluding hydrogens is 402 g/mol. The van der Waals surface area contributed by atoms with Crippen molar-refractivity contribution in [3.05, 3.63) is 71.8 Å². The van der Waals surface area contributed by atoms with Gasteiger partial charge in [0.2, 0.25) is 0 Å². The zero-order valence-corrected chi connectivity index (χ0v) is 19.4. The van der Waals surface area contributed by atoms with Crippen LogP contribution in [0.5, 0.6) is 0 Å². The summed E-state index contributed by atoms with van der Waals surface area (Å²) in [6.45, 7) is 7.75. The van der Waals surface area contributed by atoms with Crippen LogP contribution in [-0.2, 0) is 27.5 Å². The predicted octanol–water partition coefficient (Wildman–Crippen LogP) is 5.88. The molecule has 1 aliphatic rings. The second kappa shape index (κ2) is 10.7. The average Bonchev–Trinajstić information content (AvgIpc) is 2.75. The van der Waals surface area contributed by atoms with E-state index < -0.39 is 6.09 Å². The van der Waals surface area contributed by atoms with E-state index in [1.54, 1.807) is 0 Å². The van der Waals surface area contributed by atoms with E-state index in [1.807, 2.05) is 60.7 Å². The molecule has 5 nitrogen and oxygen atoms in total. The highest BCUT2D eigenvalue weighted by Gasteiger charge is 2.42. The van der Waals surface area contributed by atoms with Gasteiger partial charge in [-0.15, -0.1) is 0 Å². The minimum absolute atomic E-state index is 0.0903. The van der Waals surface area contributed by atoms with Crippen molar-refractivity contribution in [2.24, 2.45) is 16.7 Å². The molecule has 0 aromatic heterocycles. The summed E-state index contributed by atoms with van der Waals surface area (Å²) >= 11 is 0. The number of nitrogens with one attached hydrogen (secondary N) is 1. The summed E-state index contributed by atoms with van der Waals surface area (Å²) in [6.07, 6.45) is 2.83. The van der Waals surface area contributed by atoms with Crippen molar-refractivity contribution < 1.29 is 19.1 Å². The summed E-state index contributed by atoms with van der Waals surface area (Å²) in [7, 11) is 0. The van der Waals surface area contributed by atoms with E-state index in [0.29, 0.717) is 19.6 Å². The Morgan fingerprint density at radius 1 is 0.875 bits per heavy atom. The minimum Gasteiger partial charge on any atom is -0.461 e. The van der Waals surface area contributed by atoms with Gasteiger partial charge in [-0.2, -0.15) is 0 Å². The molecule has 0 bridgehead atoms. The van der Waals surface area contributed by atoms with Gasteiger partial charge in [0.1, 0.15) is 13.2 Å². The third-order valence-corrected chi connectivity index (χ3v) is 6.10. The van der Waals surface area contributed by atoms with Crippen LogP contribution in [0.2, 0.25) is 0 Å². The lowest BCUT2D eigenvalue weighted by atomic mass is 9.60. The largest absolute Gasteiger partial charge is 0.461 e. The highest BCUT2D eigenvalue weighted by Crippen LogP contribution is 2.49. The zero-order chi connectivity index (χ0) is 23.0. The van der Waals surface area contributed by atoms with Crippen LogP contribution in [0.1, 0.15) is 57.6 Å². The van der Waals surface area contributed by atoms with Crippen molar-refractivity contribution in [2.45, 2.75) is 59.7 Å². The van der Waals surface area contributed by atoms with Gasteiger partial charge in [-0.3, -0.25) is 4.79 Å². The van der Waals surface area contributed by atoms with Gasteiger partial charge in [-0.05, 0) is 47.1 Å². The summed E-state index contributed by atoms with van der Waals surface area (Å²) in [4.78, 5) is 24.7. The summed E-state index contributed by atoms with van der Waals surface area (Å²) < 4.78 is 10.9. The fourth-order valence-corrected chi connectivity index (χ4v) is 5.22. The maximum absolute atomic E-state index is 12.5. The molecule has 1 N–H and O–H groups in total. The maximum Gasteiger partial charge on any atom is 0.407 e. The van der Waals surface area contributed by atoms with Gasteiger partial charge in [0.05, 0.1) is 0 Å². The van der Waals surface area contributed by atoms with Gasteiger partial charge < -0.3 is 14.8 Å². The quantitative estimate of drug-likeness (QED) is 0.524. The smallest absolute Gasteiger partial charge is 0.407 e. The molecule has 0 saturated heterocycles. The highest BCUT2D eigenvalue weighted by molar-refractivity contribution is 5.69. The first-order valence-electron chi connectivity index (χ1n) is 11.4. The number of carbonyl (C=O) groups excluding carboxylic acids is 2. The Morgan fingerprint density at radius 2 is 1.44 bits per heavy atom. The Labute approximate surface area is 191 Å². The molecule has 32 heavy (non-hydrogen) atoms. The fourth-order valence-electron chi connectivity index (χ4n) is 5.22. The number of rotatable bonds is 8. The lowest BCUT2D eigenvalue weighted by Crippen LogP contribution is -2.44. The number of hydrogen-bond acceptors (Lipinski definition) is 4. The first-order valence-corrected chi connectivity index (χ1v) is 11.4. The van der Waals surface area contributed by atoms with Gasteiger partial charge >= 0.3 is 12.1 Å². The lowest BCUT2D eigenvalue weighted by molar-refractivity contribution is -0.147. The van der Waals surface area contributed by atoms with Gasteiger partial charge in [0.15, 0.2) is 0 Å². The summed E-state index contributed by atoms with van der Waals surface area (Å²) in [5, 5.41) is 2.94. The number of amides is 1. The van der Waals surface area contributed by atoms with Crippen LogP contribution >= 0.6 is 0 Å². The number of alkyl carbamates (subject to hydrolysis) is 1. The van der Waals surface area contributed by atoms with E-state index in [1.165, 1.54) is 0 Å². The van der Waals surface area contributed by atoms with Gasteiger partial charge in [-0.25, -0.2) is 4.79 Å². The SMILES string of the molecule is CC1(C)CC(CC(=O)OCc2ccccc2)CC(C)(CNC(=O)OCc2ccccc2)C1. The first kappa shape index (κ1) is 23.8. The van der Waals surface area contributed by atoms with Crippen LogP contribution in [-0.4, -0.2) is 18.6 Å². The molecule has 2 unspecified atom stereocenters. The van der Waals surface area contributed by atoms with Crippen LogP contribution in [0.15, 0.2) is 60.7 Å². The molecule has 1 aliphatic carbocycles. The average molecular weight is 438 g/mol. The molecule has 1 amide bonds. The Hall–Kier alpha value is -2.82. The Morgan fingerprint density at radius 3 is 2.03 bits per heavy atom. The molecule has 1 fully saturated rings. The van der Waals surface area contributed by atoms with E-state index in [-0.39, 0.29) is 29.3 Å². The van der Waals surface area contributed by atoms with E-state index in [2.05, 4.69) is 26.1 Å². The molecule has 2 aromatic rings. The molecule has 0 aliphatic heterocycles. The van der Waals surface area contributed by atoms with Crippen molar-refractivity contribution in [2.75, 3.05) is 6.54 Å². The van der Waals surface area contributed by atoms with Crippen molar-refractivity contribution in [1.82, 2.24) is 5.32 Å². The monoisotopic (exact) mass is 437 g/mol. The van der Waals surface area contributed by atoms with Crippen molar-refractivity contribution in [1.29, 1.82) is 0 Å². The van der Waals surface area contributed by atoms with Crippen LogP contribution < -0.4 is 5.32 Å². The highest BCUT2D eigenvalue weighted by atomic mass is 16.5. The number of carbonyl (C=O) groups is 2. The first-order chi connectivity index (χ1) is 15.2. The van der Waals surface area contributed by atoms with Gasteiger partial charge in [-0.1, -0.05) is 81.4 Å². The third kappa shape index (κ3) is 7.70. The molecule has 0 radical (unpaired) electrons. The molecule has 2 atom stereocenters. The molecule has 0 heterocycles. The Bertz CT molecular complexity index is 881. The minimum atomic E-state index is -0.405. The molecule has 172 valence electrons. The number of benzene rings is 2. The van der Waals surface area contributed by atoms with E-state index in [4.69, 9.17) is 9.47 Å². The Balaban J connectivity index is 1.48. The van der Waals surface area contributed by atoms with Gasteiger partial charge in [0, 0.05) is 13.0 Å². The van der Waals surface area contributed by atoms with Crippen LogP contribution in [0, 0.1) is 16.7 Å². The fraction of sp³-hybridized carbons (Fsp3) is 0.481. The molecule has 5 heteroatoms. The van der Waals surface area contributed by atoms with Crippen molar-refractivity contribution in [3.8, 4) is 0 Å². The summed E-state index contributed by atoms with van der Waals surface area (Å²) in [6, 6.07) is 19.4. The molecular formula is C27H35NO4. The summed E-state index contributed by atoms with van der Waals surface area (Å²) in [5.74, 6) is 0.0725. The predicted molar refractivity (Wildman–Crippen MR) is 125 cm³/mol. The van der Waals surface area contributed by atoms with E-state index >= 15 is 0 Å². The lowest BCUT2D eigenvalue weighted by Gasteiger charge is -2.46. The maximum atomic E-state index is 12.5. The standard InChI is InChI=1S/C27H35NO4/c1-26(2)15-23(14-24(29)31-17-21-10-6-4-7-11-21)16-27(3,19-26)20-28-25(30)32-18-22-12-8-5-9-13-22/h4-13,23H,14-20H2,1-3H3,(H,28,30). The normalized spacial score (nSPS) is 22.0. The van der Waals surface area contributed by atoms with E-state index in [0.717, 1.165) is 30.4 Å². The molecule has 0 spiro atoms. The van der Waals surface area contributed by atoms with Crippen LogP contribution in [0.25, 0.3) is 0 Å². The second-order valence-corrected chi connectivity index (χ2v) is 10.2. The zero-order valence-electron chi connectivity index (χ0n) is 19.4. The molecule has 1 saturated carbocycles. The third-order valence-electron chi connectivity index (χ3n) is 6.10. The van der Waals surface area contributed by atoms with Crippen LogP contribution in [0.4, 0.5) is 4.79 Å². The number of ether oxygens (including phenoxy) is 2. The second-order valence-electron chi connectivity index (χ2n) is 10.2. The topological polar surface area (TPSA) is 64.6 Å². The van der Waals surface area contributed by atoms with E-state index in [9.17, 15) is 9.59 Å². The molecule has 3 rings (SSSR count). The Kier molecular flexibility index (Phi) is 7.94. The number of hydrogen-bond donors (Lipinski definition) is 1. The molecule has 2 aromatic carbocycles. The summed E-state index contributed by atoms with van der Waals surface area (Å²) in [5.41, 5.74) is 1.94.